The molecule has 1 unspecified atom stereocenters. The van der Waals surface area contributed by atoms with Crippen LogP contribution < -0.4 is 9.84 Å². The summed E-state index contributed by atoms with van der Waals surface area (Å²) in [5, 5.41) is 12.2. The molecule has 4 atom stereocenters. The topological polar surface area (TPSA) is 107 Å². The van der Waals surface area contributed by atoms with Crippen LogP contribution in [0.15, 0.2) is 42.6 Å². The Morgan fingerprint density at radius 2 is 2.30 bits per heavy atom. The lowest BCUT2D eigenvalue weighted by atomic mass is 10.1. The molecule has 4 rings (SSSR count). The third kappa shape index (κ3) is 3.96. The first-order chi connectivity index (χ1) is 15.2. The Labute approximate surface area is 172 Å². The maximum atomic E-state index is 15.6. The molecule has 30 heavy (non-hydrogen) atoms. The number of nitrogens with zero attached hydrogens (tertiary/aromatic N) is 1. The normalized spacial score (nSPS) is 38.0. The predicted octanol–water partition coefficient (Wildman–Crippen LogP) is 2.35. The molecule has 1 aromatic rings. The van der Waals surface area contributed by atoms with E-state index in [-0.39, 0.29) is 11.3 Å². The average Bonchev–Trinajstić information content (AvgIpc) is 2.95. The number of hydrogen-bond donors (Lipinski definition) is 2. The number of hydrogen-bond acceptors (Lipinski definition) is 8. The molecule has 9 nitrogen and oxygen atoms in total. The van der Waals surface area contributed by atoms with E-state index in [2.05, 4.69) is 6.58 Å². The molecule has 1 amide bonds. The average molecular weight is 451 g/mol. The molecule has 3 aliphatic rings. The lowest BCUT2D eigenvalue weighted by Gasteiger charge is -2.33. The van der Waals surface area contributed by atoms with Crippen molar-refractivity contribution in [3.63, 3.8) is 0 Å². The van der Waals surface area contributed by atoms with E-state index >= 15 is 4.39 Å². The highest BCUT2D eigenvalue weighted by Crippen LogP contribution is 2.55. The van der Waals surface area contributed by atoms with Gasteiger partial charge in [-0.25, -0.2) is 13.3 Å². The second kappa shape index (κ2) is 7.40. The van der Waals surface area contributed by atoms with E-state index in [0.717, 1.165) is 18.2 Å². The molecule has 162 valence electrons. The van der Waals surface area contributed by atoms with Gasteiger partial charge >= 0.3 is 7.82 Å². The van der Waals surface area contributed by atoms with Crippen molar-refractivity contribution in [2.75, 3.05) is 6.56 Å². The molecule has 13 heteroatoms. The Morgan fingerprint density at radius 3 is 3.07 bits per heavy atom. The van der Waals surface area contributed by atoms with Crippen molar-refractivity contribution in [1.82, 2.24) is 10.2 Å². The molecule has 0 bridgehead atoms. The van der Waals surface area contributed by atoms with Gasteiger partial charge in [-0.15, -0.1) is 0 Å². The van der Waals surface area contributed by atoms with Crippen LogP contribution >= 0.6 is 7.82 Å². The van der Waals surface area contributed by atoms with Crippen LogP contribution in [0, 0.1) is 5.82 Å². The number of phosphoric ester groups is 1. The van der Waals surface area contributed by atoms with E-state index in [1.165, 1.54) is 0 Å². The monoisotopic (exact) mass is 451 g/mol. The van der Waals surface area contributed by atoms with Crippen LogP contribution in [-0.2, 0) is 29.8 Å². The van der Waals surface area contributed by atoms with Gasteiger partial charge < -0.3 is 24.6 Å². The van der Waals surface area contributed by atoms with Crippen molar-refractivity contribution >= 4 is 13.7 Å². The number of rotatable bonds is 4. The van der Waals surface area contributed by atoms with E-state index < -0.39 is 68.9 Å². The minimum Gasteiger partial charge on any atom is -0.404 e. The van der Waals surface area contributed by atoms with Crippen molar-refractivity contribution in [2.24, 2.45) is 0 Å². The fourth-order valence-corrected chi connectivity index (χ4v) is 3.90. The van der Waals surface area contributed by atoms with E-state index in [1.54, 1.807) is 0 Å². The van der Waals surface area contributed by atoms with Crippen LogP contribution in [0.4, 0.5) is 13.2 Å². The summed E-state index contributed by atoms with van der Waals surface area (Å²) < 4.78 is 99.1. The molecular formula is C17H16F3N2O7P. The fraction of sp³-hybridized carbons (Fsp3) is 0.353. The Bertz CT molecular complexity index is 1130. The molecule has 1 fully saturated rings. The summed E-state index contributed by atoms with van der Waals surface area (Å²) in [6.45, 7) is -0.798. The summed E-state index contributed by atoms with van der Waals surface area (Å²) in [5.41, 5.74) is 0.137. The maximum Gasteiger partial charge on any atom is 0.530 e. The van der Waals surface area contributed by atoms with Gasteiger partial charge in [0.2, 0.25) is 11.7 Å². The third-order valence-corrected chi connectivity index (χ3v) is 5.35. The summed E-state index contributed by atoms with van der Waals surface area (Å²) in [5.74, 6) is -7.51. The van der Waals surface area contributed by atoms with Gasteiger partial charge in [0, 0.05) is 18.2 Å². The highest BCUT2D eigenvalue weighted by Gasteiger charge is 2.51. The van der Waals surface area contributed by atoms with Crippen molar-refractivity contribution in [1.29, 1.82) is 0 Å². The Hall–Kier alpha value is -2.37. The number of phosphoric acid groups is 1. The van der Waals surface area contributed by atoms with Gasteiger partial charge in [-0.3, -0.25) is 13.8 Å². The molecule has 3 aliphatic heterocycles. The van der Waals surface area contributed by atoms with E-state index in [1.807, 2.05) is 5.32 Å². The van der Waals surface area contributed by atoms with Crippen LogP contribution in [0.5, 0.6) is 5.75 Å². The van der Waals surface area contributed by atoms with E-state index in [0.29, 0.717) is 11.1 Å². The van der Waals surface area contributed by atoms with Gasteiger partial charge in [-0.2, -0.15) is 4.39 Å². The maximum absolute atomic E-state index is 15.6. The van der Waals surface area contributed by atoms with Crippen molar-refractivity contribution in [3.8, 4) is 5.75 Å². The quantitative estimate of drug-likeness (QED) is 0.673. The lowest BCUT2D eigenvalue weighted by molar-refractivity contribution is -0.184. The molecule has 0 aliphatic carbocycles. The van der Waals surface area contributed by atoms with Gasteiger partial charge in [-0.1, -0.05) is 6.58 Å². The smallest absolute Gasteiger partial charge is 0.404 e. The molecule has 0 radical (unpaired) electrons. The molecule has 0 aromatic heterocycles. The first-order valence-electron chi connectivity index (χ1n) is 9.85. The number of aliphatic hydroxyl groups excluding tert-OH is 1. The second-order valence-electron chi connectivity index (χ2n) is 6.39. The first kappa shape index (κ1) is 17.3. The van der Waals surface area contributed by atoms with Crippen molar-refractivity contribution < 1.29 is 50.1 Å². The summed E-state index contributed by atoms with van der Waals surface area (Å²) in [4.78, 5) is 11.8. The van der Waals surface area contributed by atoms with Gasteiger partial charge in [0.25, 0.3) is 5.91 Å². The Balaban J connectivity index is 1.58. The number of aliphatic hydroxyl groups is 1. The number of fused-ring (bicyclic) bond motifs is 1. The molecule has 2 N–H and O–H groups in total. The number of carbonyl (C=O) groups excluding carboxylic acids is 1. The number of halogens is 3. The summed E-state index contributed by atoms with van der Waals surface area (Å²) >= 11 is 0. The first-order valence-corrected chi connectivity index (χ1v) is 9.82. The number of benzene rings is 1. The molecule has 0 saturated carbocycles. The Morgan fingerprint density at radius 1 is 1.53 bits per heavy atom. The van der Waals surface area contributed by atoms with Crippen LogP contribution in [0.25, 0.3) is 0 Å². The van der Waals surface area contributed by atoms with Crippen LogP contribution in [-0.4, -0.2) is 40.6 Å². The molecular weight excluding hydrogens is 432 g/mol. The summed E-state index contributed by atoms with van der Waals surface area (Å²) in [6.07, 6.45) is -5.85. The van der Waals surface area contributed by atoms with Crippen LogP contribution in [0.1, 0.15) is 16.1 Å². The van der Waals surface area contributed by atoms with E-state index in [9.17, 15) is 23.2 Å². The largest absolute Gasteiger partial charge is 0.530 e. The molecule has 0 spiro atoms. The van der Waals surface area contributed by atoms with Crippen LogP contribution in [0.3, 0.4) is 0 Å². The fourth-order valence-electron chi connectivity index (χ4n) is 2.80. The van der Waals surface area contributed by atoms with Crippen molar-refractivity contribution in [3.05, 3.63) is 54.0 Å². The third-order valence-electron chi connectivity index (χ3n) is 4.17. The number of carbonyl (C=O) groups is 1. The van der Waals surface area contributed by atoms with Crippen LogP contribution in [0.2, 0.25) is 0 Å². The summed E-state index contributed by atoms with van der Waals surface area (Å²) in [6, 6.07) is 3.08. The second-order valence-corrected chi connectivity index (χ2v) is 7.91. The van der Waals surface area contributed by atoms with Gasteiger partial charge in [0.1, 0.15) is 30.1 Å². The Kier molecular flexibility index (Phi) is 4.27. The highest BCUT2D eigenvalue weighted by molar-refractivity contribution is 7.49. The SMILES string of the molecule is [2H]C([2H])(OP1(=O)OCc2cc(F)ccc2O1)[C@]1(F)C[C@@H](O)[C@]([2H])(N2C=C(F)C(=O)NC2=C)O1. The minimum absolute atomic E-state index is 0.137. The number of alkyl halides is 1. The zero-order chi connectivity index (χ0) is 24.4. The lowest BCUT2D eigenvalue weighted by Crippen LogP contribution is -2.46. The summed E-state index contributed by atoms with van der Waals surface area (Å²) in [7, 11) is -4.82. The van der Waals surface area contributed by atoms with Gasteiger partial charge in [-0.05, 0) is 18.2 Å². The minimum atomic E-state index is -4.82. The van der Waals surface area contributed by atoms with Gasteiger partial charge in [0.15, 0.2) is 6.20 Å². The molecule has 1 aromatic carbocycles. The zero-order valence-corrected chi connectivity index (χ0v) is 15.8. The zero-order valence-electron chi connectivity index (χ0n) is 17.9. The predicted molar refractivity (Wildman–Crippen MR) is 93.0 cm³/mol. The molecule has 3 heterocycles. The number of nitrogens with one attached hydrogen (secondary N) is 1. The number of amides is 1. The van der Waals surface area contributed by atoms with Gasteiger partial charge in [0.05, 0.1) is 10.7 Å². The van der Waals surface area contributed by atoms with E-state index in [4.69, 9.17) is 22.4 Å². The molecule has 1 saturated heterocycles. The van der Waals surface area contributed by atoms with Crippen molar-refractivity contribution in [2.45, 2.75) is 31.2 Å². The highest BCUT2D eigenvalue weighted by atomic mass is 31.2. The standard InChI is InChI=1S/C17H16F3N2O7P/c1-9-21-15(24)12(19)6-22(9)16-13(23)5-17(20,28-16)8-27-30(25)26-7-10-4-11(18)2-3-14(10)29-30/h2-4,6,13,16,23H,1,5,7-8H2,(H,21,24)/t13-,16-,17+,30?/m1/s1/i8D2,16D. The number of ether oxygens (including phenoxy) is 1.